The number of furan rings is 1. The predicted molar refractivity (Wildman–Crippen MR) is 170 cm³/mol. The highest BCUT2D eigenvalue weighted by Gasteiger charge is 2.32. The molecule has 45 heavy (non-hydrogen) atoms. The zero-order chi connectivity index (χ0) is 31.8. The number of phenolic OH excluding ortho intramolecular Hbond substituents is 1. The lowest BCUT2D eigenvalue weighted by Crippen LogP contribution is -2.44. The van der Waals surface area contributed by atoms with Gasteiger partial charge in [-0.15, -0.1) is 0 Å². The van der Waals surface area contributed by atoms with E-state index in [0.29, 0.717) is 42.2 Å². The van der Waals surface area contributed by atoms with E-state index in [1.165, 1.54) is 54.1 Å². The van der Waals surface area contributed by atoms with Crippen molar-refractivity contribution in [2.75, 3.05) is 13.2 Å². The van der Waals surface area contributed by atoms with Crippen LogP contribution in [-0.2, 0) is 15.9 Å². The van der Waals surface area contributed by atoms with Crippen LogP contribution in [0.25, 0.3) is 11.0 Å². The molecule has 0 radical (unpaired) electrons. The van der Waals surface area contributed by atoms with Gasteiger partial charge in [-0.25, -0.2) is 4.21 Å². The third-order valence-electron chi connectivity index (χ3n) is 6.88. The number of phenols is 1. The molecule has 5 rings (SSSR count). The third-order valence-corrected chi connectivity index (χ3v) is 7.88. The third kappa shape index (κ3) is 8.30. The molecule has 0 saturated heterocycles. The second-order valence-electron chi connectivity index (χ2n) is 10.4. The highest BCUT2D eigenvalue weighted by molar-refractivity contribution is 7.80. The van der Waals surface area contributed by atoms with Crippen LogP contribution in [0.1, 0.15) is 34.5 Å². The van der Waals surface area contributed by atoms with Gasteiger partial charge in [-0.05, 0) is 99.0 Å². The number of unbranched alkanes of at least 4 members (excludes halogenated alkanes) is 1. The quantitative estimate of drug-likeness (QED) is 0.0817. The van der Waals surface area contributed by atoms with Crippen molar-refractivity contribution in [3.8, 4) is 23.0 Å². The molecule has 10 heteroatoms. The number of ether oxygens (including phenoxy) is 2. The summed E-state index contributed by atoms with van der Waals surface area (Å²) < 4.78 is 35.6. The van der Waals surface area contributed by atoms with Gasteiger partial charge in [-0.3, -0.25) is 9.59 Å². The fourth-order valence-electron chi connectivity index (χ4n) is 4.54. The summed E-state index contributed by atoms with van der Waals surface area (Å²) in [6, 6.07) is 26.6. The average Bonchev–Trinajstić information content (AvgIpc) is 3.48. The van der Waals surface area contributed by atoms with E-state index in [9.17, 15) is 18.9 Å². The number of carbonyl (C=O) groups excluding carboxylic acids is 2. The summed E-state index contributed by atoms with van der Waals surface area (Å²) in [6.07, 6.45) is -0.202. The van der Waals surface area contributed by atoms with Crippen molar-refractivity contribution >= 4 is 33.7 Å². The van der Waals surface area contributed by atoms with E-state index < -0.39 is 28.9 Å². The number of hydrogen-bond donors (Lipinski definition) is 2. The maximum Gasteiger partial charge on any atom is 0.269 e. The number of aryl methyl sites for hydroxylation is 2. The molecule has 0 saturated carbocycles. The first kappa shape index (κ1) is 31.3. The number of fused-ring (bicyclic) bond motifs is 1. The van der Waals surface area contributed by atoms with Crippen LogP contribution in [0.4, 0.5) is 0 Å². The predicted octanol–water partition coefficient (Wildman–Crippen LogP) is 6.46. The summed E-state index contributed by atoms with van der Waals surface area (Å²) in [4.78, 5) is 27.2. The second kappa shape index (κ2) is 14.6. The molecule has 1 amide bonds. The van der Waals surface area contributed by atoms with Gasteiger partial charge in [0, 0.05) is 11.9 Å². The molecule has 0 aliphatic heterocycles. The zero-order valence-electron chi connectivity index (χ0n) is 24.9. The van der Waals surface area contributed by atoms with Crippen molar-refractivity contribution in [1.29, 1.82) is 0 Å². The Balaban J connectivity index is 1.22. The smallest absolute Gasteiger partial charge is 0.269 e. The van der Waals surface area contributed by atoms with Gasteiger partial charge in [0.1, 0.15) is 28.6 Å². The molecular formula is C35H33NO8S. The molecule has 0 fully saturated rings. The van der Waals surface area contributed by atoms with Crippen LogP contribution in [0, 0.1) is 13.8 Å². The van der Waals surface area contributed by atoms with Crippen molar-refractivity contribution in [3.05, 3.63) is 114 Å². The summed E-state index contributed by atoms with van der Waals surface area (Å²) >= 11 is -1.85. The summed E-state index contributed by atoms with van der Waals surface area (Å²) in [6.45, 7) is 4.83. The van der Waals surface area contributed by atoms with E-state index in [2.05, 4.69) is 11.4 Å². The maximum absolute atomic E-state index is 13.5. The van der Waals surface area contributed by atoms with Crippen LogP contribution >= 0.6 is 0 Å². The molecule has 2 unspecified atom stereocenters. The number of nitrogens with one attached hydrogen (secondary N) is 1. The van der Waals surface area contributed by atoms with Gasteiger partial charge in [0.15, 0.2) is 5.76 Å². The monoisotopic (exact) mass is 627 g/mol. The Kier molecular flexibility index (Phi) is 10.2. The average molecular weight is 628 g/mol. The molecule has 9 nitrogen and oxygen atoms in total. The van der Waals surface area contributed by atoms with Crippen molar-refractivity contribution in [1.82, 2.24) is 5.32 Å². The first-order valence-electron chi connectivity index (χ1n) is 14.4. The minimum atomic E-state index is -1.85. The van der Waals surface area contributed by atoms with Crippen LogP contribution in [-0.4, -0.2) is 40.3 Å². The molecule has 1 heterocycles. The molecule has 0 spiro atoms. The Morgan fingerprint density at radius 2 is 1.62 bits per heavy atom. The Labute approximate surface area is 263 Å². The van der Waals surface area contributed by atoms with Crippen LogP contribution in [0.15, 0.2) is 106 Å². The van der Waals surface area contributed by atoms with Crippen LogP contribution < -0.4 is 19.0 Å². The van der Waals surface area contributed by atoms with Gasteiger partial charge in [-0.2, -0.15) is 0 Å². The summed E-state index contributed by atoms with van der Waals surface area (Å²) in [5.41, 5.74) is 2.75. The van der Waals surface area contributed by atoms with Crippen LogP contribution in [0.5, 0.6) is 23.0 Å². The first-order valence-corrected chi connectivity index (χ1v) is 15.5. The number of rotatable bonds is 14. The first-order chi connectivity index (χ1) is 21.8. The number of carbonyl (C=O) groups is 2. The minimum Gasteiger partial charge on any atom is -0.508 e. The number of benzene rings is 4. The summed E-state index contributed by atoms with van der Waals surface area (Å²) in [5.74, 6) is 0.176. The molecule has 0 bridgehead atoms. The standard InChI is InChI=1S/C35H33NO8S/c1-23-9-18-30(24(2)21-23)41-20-6-5-19-36-35(39)34(33(38)32-22-25-7-3-4-8-31(25)43-32)42-27-14-16-29(17-15-27)45(40)44-28-12-10-26(37)11-13-28/h3-4,7-18,21-22,34,37H,5-6,19-20H2,1-2H3,(H,36,39). The van der Waals surface area contributed by atoms with Crippen molar-refractivity contribution in [2.24, 2.45) is 0 Å². The molecule has 0 aliphatic carbocycles. The van der Waals surface area contributed by atoms with Gasteiger partial charge in [0.25, 0.3) is 5.91 Å². The van der Waals surface area contributed by atoms with E-state index >= 15 is 0 Å². The number of aromatic hydroxyl groups is 1. The largest absolute Gasteiger partial charge is 0.508 e. The molecule has 2 N–H and O–H groups in total. The normalized spacial score (nSPS) is 12.3. The Bertz CT molecular complexity index is 1760. The molecule has 232 valence electrons. The summed E-state index contributed by atoms with van der Waals surface area (Å²) in [5, 5.41) is 12.9. The molecule has 0 aliphatic rings. The fraction of sp³-hybridized carbons (Fsp3) is 0.200. The van der Waals surface area contributed by atoms with Gasteiger partial charge in [0.2, 0.25) is 23.0 Å². The van der Waals surface area contributed by atoms with E-state index in [0.717, 1.165) is 16.7 Å². The lowest BCUT2D eigenvalue weighted by Gasteiger charge is -2.17. The van der Waals surface area contributed by atoms with Crippen LogP contribution in [0.2, 0.25) is 0 Å². The van der Waals surface area contributed by atoms with E-state index in [1.807, 2.05) is 38.1 Å². The number of para-hydroxylation sites is 1. The van der Waals surface area contributed by atoms with E-state index in [-0.39, 0.29) is 17.3 Å². The lowest BCUT2D eigenvalue weighted by molar-refractivity contribution is -0.126. The lowest BCUT2D eigenvalue weighted by atomic mass is 10.1. The minimum absolute atomic E-state index is 0.00163. The van der Waals surface area contributed by atoms with Gasteiger partial charge >= 0.3 is 0 Å². The van der Waals surface area contributed by atoms with Crippen LogP contribution in [0.3, 0.4) is 0 Å². The number of ketones is 1. The maximum atomic E-state index is 13.5. The van der Waals surface area contributed by atoms with E-state index in [1.54, 1.807) is 18.2 Å². The number of Topliss-reactive ketones (excluding diaryl/α,β-unsaturated/α-hetero) is 1. The Hall–Kier alpha value is -5.09. The molecule has 1 aromatic heterocycles. The topological polar surface area (TPSA) is 124 Å². The highest BCUT2D eigenvalue weighted by Crippen LogP contribution is 2.24. The highest BCUT2D eigenvalue weighted by atomic mass is 32.2. The molecule has 2 atom stereocenters. The SMILES string of the molecule is Cc1ccc(OCCCCNC(=O)C(Oc2ccc(S(=O)Oc3ccc(O)cc3)cc2)C(=O)c2cc3ccccc3o2)c(C)c1. The fourth-order valence-corrected chi connectivity index (χ4v) is 5.28. The summed E-state index contributed by atoms with van der Waals surface area (Å²) in [7, 11) is 0. The zero-order valence-corrected chi connectivity index (χ0v) is 25.7. The second-order valence-corrected chi connectivity index (χ2v) is 11.5. The van der Waals surface area contributed by atoms with Gasteiger partial charge in [0.05, 0.1) is 11.5 Å². The van der Waals surface area contributed by atoms with Crippen molar-refractivity contribution < 1.29 is 37.0 Å². The molecule has 4 aromatic carbocycles. The van der Waals surface area contributed by atoms with Gasteiger partial charge < -0.3 is 28.5 Å². The Morgan fingerprint density at radius 3 is 2.36 bits per heavy atom. The molecular weight excluding hydrogens is 594 g/mol. The van der Waals surface area contributed by atoms with E-state index in [4.69, 9.17) is 18.1 Å². The Morgan fingerprint density at radius 1 is 0.889 bits per heavy atom. The van der Waals surface area contributed by atoms with Crippen molar-refractivity contribution in [3.63, 3.8) is 0 Å². The number of amides is 1. The number of hydrogen-bond acceptors (Lipinski definition) is 8. The van der Waals surface area contributed by atoms with Gasteiger partial charge in [-0.1, -0.05) is 35.9 Å². The molecule has 5 aromatic rings. The van der Waals surface area contributed by atoms with Crippen molar-refractivity contribution in [2.45, 2.75) is 37.7 Å².